The third-order valence-electron chi connectivity index (χ3n) is 5.47. The van der Waals surface area contributed by atoms with Crippen molar-refractivity contribution in [2.75, 3.05) is 33.4 Å². The Balaban J connectivity index is 1.72. The Labute approximate surface area is 179 Å². The second kappa shape index (κ2) is 9.33. The number of carbonyl (C=O) groups excluding carboxylic acids is 2. The number of hydrogen-bond acceptors (Lipinski definition) is 4. The van der Waals surface area contributed by atoms with Crippen LogP contribution in [0.2, 0.25) is 0 Å². The highest BCUT2D eigenvalue weighted by Gasteiger charge is 2.49. The zero-order valence-electron chi connectivity index (χ0n) is 17.9. The van der Waals surface area contributed by atoms with Gasteiger partial charge in [0.1, 0.15) is 11.8 Å². The van der Waals surface area contributed by atoms with Gasteiger partial charge in [-0.1, -0.05) is 26.0 Å². The topological polar surface area (TPSA) is 62.3 Å². The summed E-state index contributed by atoms with van der Waals surface area (Å²) in [6.07, 6.45) is -4.18. The van der Waals surface area contributed by atoms with E-state index in [1.54, 1.807) is 21.8 Å². The fourth-order valence-electron chi connectivity index (χ4n) is 4.16. The molecule has 31 heavy (non-hydrogen) atoms. The number of ether oxygens (including phenoxy) is 2. The van der Waals surface area contributed by atoms with Crippen molar-refractivity contribution in [1.29, 1.82) is 0 Å². The minimum atomic E-state index is -4.75. The van der Waals surface area contributed by atoms with E-state index in [9.17, 15) is 22.8 Å². The quantitative estimate of drug-likeness (QED) is 0.620. The molecular weight excluding hydrogens is 415 g/mol. The van der Waals surface area contributed by atoms with Crippen molar-refractivity contribution in [3.63, 3.8) is 0 Å². The van der Waals surface area contributed by atoms with Crippen molar-refractivity contribution in [1.82, 2.24) is 14.7 Å². The predicted molar refractivity (Wildman–Crippen MR) is 106 cm³/mol. The Morgan fingerprint density at radius 1 is 1.10 bits per heavy atom. The van der Waals surface area contributed by atoms with Crippen molar-refractivity contribution in [3.05, 3.63) is 29.8 Å². The van der Waals surface area contributed by atoms with Crippen LogP contribution in [0.15, 0.2) is 24.3 Å². The Hall–Kier alpha value is -2.49. The zero-order valence-corrected chi connectivity index (χ0v) is 17.9. The summed E-state index contributed by atoms with van der Waals surface area (Å²) in [6, 6.07) is 4.61. The maximum atomic E-state index is 13.1. The Bertz CT molecular complexity index is 785. The number of benzene rings is 1. The monoisotopic (exact) mass is 443 g/mol. The van der Waals surface area contributed by atoms with Gasteiger partial charge in [-0.25, -0.2) is 4.79 Å². The van der Waals surface area contributed by atoms with Crippen LogP contribution >= 0.6 is 0 Å². The molecule has 7 nitrogen and oxygen atoms in total. The van der Waals surface area contributed by atoms with Gasteiger partial charge >= 0.3 is 12.4 Å². The number of urea groups is 1. The van der Waals surface area contributed by atoms with E-state index in [4.69, 9.17) is 4.74 Å². The molecule has 2 heterocycles. The van der Waals surface area contributed by atoms with E-state index in [-0.39, 0.29) is 36.2 Å². The molecule has 10 heteroatoms. The van der Waals surface area contributed by atoms with Crippen molar-refractivity contribution >= 4 is 11.9 Å². The minimum Gasteiger partial charge on any atom is -0.406 e. The second-order valence-electron chi connectivity index (χ2n) is 8.34. The molecule has 0 radical (unpaired) electrons. The molecule has 2 atom stereocenters. The minimum absolute atomic E-state index is 0.0640. The summed E-state index contributed by atoms with van der Waals surface area (Å²) in [4.78, 5) is 31.3. The van der Waals surface area contributed by atoms with E-state index >= 15 is 0 Å². The van der Waals surface area contributed by atoms with Gasteiger partial charge in [-0.2, -0.15) is 0 Å². The molecule has 2 saturated heterocycles. The Morgan fingerprint density at radius 3 is 2.32 bits per heavy atom. The number of nitrogens with zero attached hydrogens (tertiary/aromatic N) is 3. The second-order valence-corrected chi connectivity index (χ2v) is 8.34. The molecule has 0 unspecified atom stereocenters. The molecule has 1 aromatic carbocycles. The molecule has 3 rings (SSSR count). The molecule has 0 saturated carbocycles. The largest absolute Gasteiger partial charge is 0.573 e. The van der Waals surface area contributed by atoms with Crippen LogP contribution in [0.5, 0.6) is 5.75 Å². The van der Waals surface area contributed by atoms with Gasteiger partial charge in [-0.05, 0) is 30.0 Å². The standard InChI is InChI=1S/C21H28F3N3O4/c1-14(2)10-18-19(28)25(8-9-30-3)12-16-13-26(20(29)27(16)18)11-15-4-6-17(7-5-15)31-21(22,23)24/h4-7,14,16,18H,8-13H2,1-3H3/t16-,18+/m1/s1. The number of piperazine rings is 1. The van der Waals surface area contributed by atoms with E-state index in [0.29, 0.717) is 38.2 Å². The average Bonchev–Trinajstić information content (AvgIpc) is 2.98. The van der Waals surface area contributed by atoms with E-state index in [2.05, 4.69) is 4.74 Å². The molecule has 0 N–H and O–H groups in total. The smallest absolute Gasteiger partial charge is 0.406 e. The fourth-order valence-corrected chi connectivity index (χ4v) is 4.16. The first-order valence-corrected chi connectivity index (χ1v) is 10.3. The lowest BCUT2D eigenvalue weighted by atomic mass is 9.97. The van der Waals surface area contributed by atoms with Gasteiger partial charge in [0.15, 0.2) is 0 Å². The fraction of sp³-hybridized carbons (Fsp3) is 0.619. The summed E-state index contributed by atoms with van der Waals surface area (Å²) in [5.74, 6) is -0.136. The van der Waals surface area contributed by atoms with Crippen LogP contribution in [-0.2, 0) is 16.1 Å². The number of hydrogen-bond donors (Lipinski definition) is 0. The number of carbonyl (C=O) groups is 2. The third-order valence-corrected chi connectivity index (χ3v) is 5.47. The van der Waals surface area contributed by atoms with Gasteiger partial charge in [-0.15, -0.1) is 13.2 Å². The van der Waals surface area contributed by atoms with E-state index < -0.39 is 12.4 Å². The van der Waals surface area contributed by atoms with Crippen LogP contribution in [0.4, 0.5) is 18.0 Å². The molecule has 1 aromatic rings. The molecule has 172 valence electrons. The van der Waals surface area contributed by atoms with Gasteiger partial charge in [0, 0.05) is 33.3 Å². The number of halogens is 3. The number of amides is 3. The van der Waals surface area contributed by atoms with Crippen LogP contribution in [-0.4, -0.2) is 78.4 Å². The normalized spacial score (nSPS) is 21.8. The first kappa shape index (κ1) is 23.2. The van der Waals surface area contributed by atoms with Crippen LogP contribution < -0.4 is 4.74 Å². The van der Waals surface area contributed by atoms with Crippen LogP contribution in [0.1, 0.15) is 25.8 Å². The highest BCUT2D eigenvalue weighted by molar-refractivity contribution is 5.90. The number of alkyl halides is 3. The van der Waals surface area contributed by atoms with Gasteiger partial charge in [0.2, 0.25) is 5.91 Å². The van der Waals surface area contributed by atoms with Crippen molar-refractivity contribution in [2.45, 2.75) is 45.3 Å². The predicted octanol–water partition coefficient (Wildman–Crippen LogP) is 3.09. The van der Waals surface area contributed by atoms with E-state index in [0.717, 1.165) is 0 Å². The zero-order chi connectivity index (χ0) is 22.8. The maximum Gasteiger partial charge on any atom is 0.573 e. The average molecular weight is 443 g/mol. The molecule has 2 fully saturated rings. The summed E-state index contributed by atoms with van der Waals surface area (Å²) >= 11 is 0. The maximum absolute atomic E-state index is 13.1. The van der Waals surface area contributed by atoms with Crippen molar-refractivity contribution < 1.29 is 32.2 Å². The van der Waals surface area contributed by atoms with Gasteiger partial charge in [0.25, 0.3) is 0 Å². The third kappa shape index (κ3) is 5.61. The van der Waals surface area contributed by atoms with Crippen LogP contribution in [0.3, 0.4) is 0 Å². The molecule has 2 aliphatic rings. The summed E-state index contributed by atoms with van der Waals surface area (Å²) in [5.41, 5.74) is 0.686. The van der Waals surface area contributed by atoms with Crippen LogP contribution in [0, 0.1) is 5.92 Å². The lowest BCUT2D eigenvalue weighted by Gasteiger charge is -2.42. The number of rotatable bonds is 8. The van der Waals surface area contributed by atoms with Crippen molar-refractivity contribution in [2.24, 2.45) is 5.92 Å². The first-order valence-electron chi connectivity index (χ1n) is 10.3. The molecule has 0 aromatic heterocycles. The SMILES string of the molecule is COCCN1C[C@@H]2CN(Cc3ccc(OC(F)(F)F)cc3)C(=O)N2[C@@H](CC(C)C)C1=O. The highest BCUT2D eigenvalue weighted by atomic mass is 19.4. The molecule has 0 bridgehead atoms. The van der Waals surface area contributed by atoms with E-state index in [1.165, 1.54) is 24.3 Å². The van der Waals surface area contributed by atoms with Gasteiger partial charge in [0.05, 0.1) is 12.6 Å². The lowest BCUT2D eigenvalue weighted by Crippen LogP contribution is -2.61. The molecule has 0 spiro atoms. The Kier molecular flexibility index (Phi) is 6.98. The lowest BCUT2D eigenvalue weighted by molar-refractivity contribution is -0.274. The molecule has 3 amide bonds. The molecule has 0 aliphatic carbocycles. The van der Waals surface area contributed by atoms with Gasteiger partial charge in [-0.3, -0.25) is 4.79 Å². The first-order chi connectivity index (χ1) is 14.6. The van der Waals surface area contributed by atoms with Crippen molar-refractivity contribution in [3.8, 4) is 5.75 Å². The Morgan fingerprint density at radius 2 is 1.74 bits per heavy atom. The number of methoxy groups -OCH3 is 1. The molecule has 2 aliphatic heterocycles. The summed E-state index contributed by atoms with van der Waals surface area (Å²) in [6.45, 7) is 6.07. The summed E-state index contributed by atoms with van der Waals surface area (Å²) < 4.78 is 46.0. The van der Waals surface area contributed by atoms with Gasteiger partial charge < -0.3 is 24.2 Å². The van der Waals surface area contributed by atoms with E-state index in [1.807, 2.05) is 13.8 Å². The summed E-state index contributed by atoms with van der Waals surface area (Å²) in [5, 5.41) is 0. The van der Waals surface area contributed by atoms with Crippen LogP contribution in [0.25, 0.3) is 0 Å². The highest BCUT2D eigenvalue weighted by Crippen LogP contribution is 2.30. The summed E-state index contributed by atoms with van der Waals surface area (Å²) in [7, 11) is 1.58. The number of fused-ring (bicyclic) bond motifs is 1. The molecular formula is C21H28F3N3O4.